The van der Waals surface area contributed by atoms with E-state index in [1.54, 1.807) is 31.2 Å². The zero-order chi connectivity index (χ0) is 17.7. The van der Waals surface area contributed by atoms with Crippen molar-refractivity contribution in [1.82, 2.24) is 4.98 Å². The van der Waals surface area contributed by atoms with Crippen LogP contribution in [0.3, 0.4) is 0 Å². The van der Waals surface area contributed by atoms with Gasteiger partial charge in [0.05, 0.1) is 0 Å². The van der Waals surface area contributed by atoms with Crippen LogP contribution < -0.4 is 5.32 Å². The van der Waals surface area contributed by atoms with Gasteiger partial charge in [-0.3, -0.25) is 9.59 Å². The number of anilines is 1. The lowest BCUT2D eigenvalue weighted by molar-refractivity contribution is -0.137. The lowest BCUT2D eigenvalue weighted by Gasteiger charge is -2.08. The summed E-state index contributed by atoms with van der Waals surface area (Å²) in [7, 11) is 0. The van der Waals surface area contributed by atoms with Gasteiger partial charge in [-0.1, -0.05) is 42.0 Å². The largest absolute Gasteiger partial charge is 0.481 e. The van der Waals surface area contributed by atoms with E-state index in [2.05, 4.69) is 16.4 Å². The van der Waals surface area contributed by atoms with Crippen molar-refractivity contribution < 1.29 is 14.7 Å². The predicted molar refractivity (Wildman–Crippen MR) is 91.9 cm³/mol. The Morgan fingerprint density at radius 2 is 2.25 bits per heavy atom. The Hall–Kier alpha value is -2.43. The summed E-state index contributed by atoms with van der Waals surface area (Å²) in [5, 5.41) is 21.4. The van der Waals surface area contributed by atoms with Crippen LogP contribution >= 0.6 is 22.9 Å². The van der Waals surface area contributed by atoms with Crippen molar-refractivity contribution in [1.29, 1.82) is 5.26 Å². The molecule has 0 aliphatic carbocycles. The number of thiazole rings is 1. The number of rotatable bonds is 6. The number of aliphatic carboxylic acids is 1. The third-order valence-corrected chi connectivity index (χ3v) is 4.41. The summed E-state index contributed by atoms with van der Waals surface area (Å²) in [6.07, 6.45) is 0.155. The Morgan fingerprint density at radius 3 is 2.88 bits per heavy atom. The summed E-state index contributed by atoms with van der Waals surface area (Å²) in [6.45, 7) is 1.65. The molecule has 0 saturated carbocycles. The second kappa shape index (κ2) is 7.90. The van der Waals surface area contributed by atoms with E-state index < -0.39 is 11.9 Å². The number of benzene rings is 1. The lowest BCUT2D eigenvalue weighted by atomic mass is 10.1. The highest BCUT2D eigenvalue weighted by Gasteiger charge is 2.18. The Kier molecular flexibility index (Phi) is 5.90. The molecule has 0 aliphatic rings. The molecule has 0 radical (unpaired) electrons. The quantitative estimate of drug-likeness (QED) is 0.812. The third-order valence-electron chi connectivity index (χ3n) is 3.30. The second-order valence-corrected chi connectivity index (χ2v) is 6.58. The molecule has 1 heterocycles. The fourth-order valence-electron chi connectivity index (χ4n) is 1.98. The zero-order valence-corrected chi connectivity index (χ0v) is 14.3. The van der Waals surface area contributed by atoms with Crippen molar-refractivity contribution in [2.45, 2.75) is 19.8 Å². The van der Waals surface area contributed by atoms with Gasteiger partial charge in [0.25, 0.3) is 0 Å². The van der Waals surface area contributed by atoms with Gasteiger partial charge in [-0.2, -0.15) is 5.26 Å². The molecular weight excluding hydrogens is 350 g/mol. The summed E-state index contributed by atoms with van der Waals surface area (Å²) < 4.78 is 0. The van der Waals surface area contributed by atoms with Crippen molar-refractivity contribution in [3.05, 3.63) is 34.2 Å². The van der Waals surface area contributed by atoms with E-state index in [0.29, 0.717) is 26.3 Å². The molecule has 0 unspecified atom stereocenters. The first-order chi connectivity index (χ1) is 11.4. The number of nitriles is 1. The van der Waals surface area contributed by atoms with Crippen LogP contribution in [-0.2, 0) is 9.59 Å². The molecule has 0 spiro atoms. The number of carbonyl (C=O) groups excluding carboxylic acids is 1. The highest BCUT2D eigenvalue weighted by molar-refractivity contribution is 7.16. The molecule has 1 aromatic heterocycles. The number of nitrogens with zero attached hydrogens (tertiary/aromatic N) is 2. The molecule has 8 heteroatoms. The topological polar surface area (TPSA) is 103 Å². The summed E-state index contributed by atoms with van der Waals surface area (Å²) in [5.41, 5.74) is 1.15. The Morgan fingerprint density at radius 1 is 1.50 bits per heavy atom. The standard InChI is InChI=1S/C16H14ClN3O3S/c1-9(5-6-13(21)22)15(23)20-16-19-14(12(8-18)24-16)10-3-2-4-11(17)7-10/h2-4,7,9H,5-6H2,1H3,(H,21,22)(H,19,20,23)/t9-/m1/s1. The van der Waals surface area contributed by atoms with Gasteiger partial charge in [0.1, 0.15) is 16.6 Å². The number of amides is 1. The van der Waals surface area contributed by atoms with Gasteiger partial charge in [0, 0.05) is 22.9 Å². The van der Waals surface area contributed by atoms with Gasteiger partial charge in [-0.15, -0.1) is 0 Å². The number of halogens is 1. The fraction of sp³-hybridized carbons (Fsp3) is 0.250. The minimum atomic E-state index is -0.945. The van der Waals surface area contributed by atoms with Crippen LogP contribution in [-0.4, -0.2) is 22.0 Å². The first-order valence-corrected chi connectivity index (χ1v) is 8.29. The van der Waals surface area contributed by atoms with Gasteiger partial charge in [-0.25, -0.2) is 4.98 Å². The molecule has 2 aromatic rings. The molecule has 0 bridgehead atoms. The van der Waals surface area contributed by atoms with Crippen LogP contribution in [0.5, 0.6) is 0 Å². The lowest BCUT2D eigenvalue weighted by Crippen LogP contribution is -2.21. The molecule has 1 aromatic carbocycles. The molecule has 1 atom stereocenters. The van der Waals surface area contributed by atoms with Crippen LogP contribution in [0.4, 0.5) is 5.13 Å². The van der Waals surface area contributed by atoms with Crippen LogP contribution in [0, 0.1) is 17.2 Å². The van der Waals surface area contributed by atoms with E-state index in [1.165, 1.54) is 0 Å². The second-order valence-electron chi connectivity index (χ2n) is 5.14. The summed E-state index contributed by atoms with van der Waals surface area (Å²) in [5.74, 6) is -1.74. The van der Waals surface area contributed by atoms with E-state index in [1.807, 2.05) is 0 Å². The minimum absolute atomic E-state index is 0.0797. The molecule has 6 nitrogen and oxygen atoms in total. The molecule has 2 N–H and O–H groups in total. The van der Waals surface area contributed by atoms with Crippen LogP contribution in [0.25, 0.3) is 11.3 Å². The highest BCUT2D eigenvalue weighted by Crippen LogP contribution is 2.32. The molecular formula is C16H14ClN3O3S. The number of carboxylic acids is 1. The highest BCUT2D eigenvalue weighted by atomic mass is 35.5. The van der Waals surface area contributed by atoms with Crippen LogP contribution in [0.15, 0.2) is 24.3 Å². The average Bonchev–Trinajstić information content (AvgIpc) is 2.95. The van der Waals surface area contributed by atoms with E-state index in [9.17, 15) is 14.9 Å². The molecule has 1 amide bonds. The van der Waals surface area contributed by atoms with Gasteiger partial charge < -0.3 is 10.4 Å². The van der Waals surface area contributed by atoms with Crippen molar-refractivity contribution in [3.63, 3.8) is 0 Å². The molecule has 0 saturated heterocycles. The number of hydrogen-bond donors (Lipinski definition) is 2. The normalized spacial score (nSPS) is 11.5. The summed E-state index contributed by atoms with van der Waals surface area (Å²) >= 11 is 7.03. The van der Waals surface area contributed by atoms with Crippen LogP contribution in [0.1, 0.15) is 24.6 Å². The first kappa shape index (κ1) is 17.9. The fourth-order valence-corrected chi connectivity index (χ4v) is 2.96. The van der Waals surface area contributed by atoms with Gasteiger partial charge in [-0.05, 0) is 18.6 Å². The number of hydrogen-bond acceptors (Lipinski definition) is 5. The van der Waals surface area contributed by atoms with Gasteiger partial charge >= 0.3 is 5.97 Å². The Labute approximate surface area is 147 Å². The van der Waals surface area contributed by atoms with E-state index >= 15 is 0 Å². The smallest absolute Gasteiger partial charge is 0.303 e. The summed E-state index contributed by atoms with van der Waals surface area (Å²) in [6, 6.07) is 9.01. The summed E-state index contributed by atoms with van der Waals surface area (Å²) in [4.78, 5) is 27.3. The SMILES string of the molecule is C[C@H](CCC(=O)O)C(=O)Nc1nc(-c2cccc(Cl)c2)c(C#N)s1. The monoisotopic (exact) mass is 363 g/mol. The van der Waals surface area contributed by atoms with Gasteiger partial charge in [0.15, 0.2) is 5.13 Å². The van der Waals surface area contributed by atoms with Crippen molar-refractivity contribution >= 4 is 39.9 Å². The zero-order valence-electron chi connectivity index (χ0n) is 12.7. The number of carboxylic acid groups (broad SMARTS) is 1. The van der Waals surface area contributed by atoms with Crippen molar-refractivity contribution in [2.75, 3.05) is 5.32 Å². The maximum absolute atomic E-state index is 12.1. The maximum atomic E-state index is 12.1. The predicted octanol–water partition coefficient (Wildman–Crippen LogP) is 3.77. The maximum Gasteiger partial charge on any atom is 0.303 e. The van der Waals surface area contributed by atoms with E-state index in [0.717, 1.165) is 11.3 Å². The minimum Gasteiger partial charge on any atom is -0.481 e. The van der Waals surface area contributed by atoms with E-state index in [-0.39, 0.29) is 18.7 Å². The number of aromatic nitrogens is 1. The van der Waals surface area contributed by atoms with Crippen molar-refractivity contribution in [2.24, 2.45) is 5.92 Å². The third kappa shape index (κ3) is 4.54. The Balaban J connectivity index is 2.17. The average molecular weight is 364 g/mol. The number of nitrogens with one attached hydrogen (secondary N) is 1. The first-order valence-electron chi connectivity index (χ1n) is 7.10. The molecule has 124 valence electrons. The molecule has 24 heavy (non-hydrogen) atoms. The molecule has 0 aliphatic heterocycles. The molecule has 2 rings (SSSR count). The van der Waals surface area contributed by atoms with Gasteiger partial charge in [0.2, 0.25) is 5.91 Å². The van der Waals surface area contributed by atoms with Crippen molar-refractivity contribution in [3.8, 4) is 17.3 Å². The van der Waals surface area contributed by atoms with E-state index in [4.69, 9.17) is 16.7 Å². The number of carbonyl (C=O) groups is 2. The Bertz CT molecular complexity index is 813. The van der Waals surface area contributed by atoms with Crippen LogP contribution in [0.2, 0.25) is 5.02 Å². The molecule has 0 fully saturated rings.